The zero-order valence-corrected chi connectivity index (χ0v) is 19.3. The summed E-state index contributed by atoms with van der Waals surface area (Å²) in [5, 5.41) is 8.39. The Balaban J connectivity index is 1.57. The summed E-state index contributed by atoms with van der Waals surface area (Å²) in [6, 6.07) is 8.68. The van der Waals surface area contributed by atoms with Crippen molar-refractivity contribution in [2.45, 2.75) is 59.4 Å². The standard InChI is InChI=1S/C25H34N4O2/c1-6-18-7-8-22-20(11-18)21(17(4)27-22)14-29-10-9-25(15-29,24(30)26-5)13-19-12-23(16(2)3)28-31-19/h7-8,11-12,16,27H,6,9-10,13-15H2,1-5H3,(H,26,30)/t25-/m1/s1. The summed E-state index contributed by atoms with van der Waals surface area (Å²) in [4.78, 5) is 18.9. The molecule has 3 aromatic rings. The molecule has 31 heavy (non-hydrogen) atoms. The SMILES string of the molecule is CCc1ccc2[nH]c(C)c(CN3CC[C@](Cc4cc(C(C)C)no4)(C(=O)NC)C3)c2c1. The van der Waals surface area contributed by atoms with Crippen LogP contribution < -0.4 is 5.32 Å². The molecule has 0 bridgehead atoms. The lowest BCUT2D eigenvalue weighted by molar-refractivity contribution is -0.130. The fourth-order valence-electron chi connectivity index (χ4n) is 4.86. The van der Waals surface area contributed by atoms with E-state index < -0.39 is 5.41 Å². The number of hydrogen-bond acceptors (Lipinski definition) is 4. The largest absolute Gasteiger partial charge is 0.361 e. The topological polar surface area (TPSA) is 74.2 Å². The molecule has 2 N–H and O–H groups in total. The molecule has 1 atom stereocenters. The molecule has 4 rings (SSSR count). The summed E-state index contributed by atoms with van der Waals surface area (Å²) in [7, 11) is 1.72. The first kappa shape index (κ1) is 21.6. The van der Waals surface area contributed by atoms with Crippen LogP contribution in [0.3, 0.4) is 0 Å². The third kappa shape index (κ3) is 4.13. The Morgan fingerprint density at radius 2 is 2.16 bits per heavy atom. The van der Waals surface area contributed by atoms with E-state index in [1.54, 1.807) is 7.05 Å². The van der Waals surface area contributed by atoms with Crippen molar-refractivity contribution >= 4 is 16.8 Å². The van der Waals surface area contributed by atoms with Gasteiger partial charge in [0.15, 0.2) is 0 Å². The summed E-state index contributed by atoms with van der Waals surface area (Å²) in [6.45, 7) is 11.0. The summed E-state index contributed by atoms with van der Waals surface area (Å²) < 4.78 is 5.60. The van der Waals surface area contributed by atoms with E-state index in [1.807, 2.05) is 6.07 Å². The van der Waals surface area contributed by atoms with E-state index in [9.17, 15) is 4.79 Å². The first-order chi connectivity index (χ1) is 14.8. The van der Waals surface area contributed by atoms with E-state index in [0.717, 1.165) is 37.4 Å². The van der Waals surface area contributed by atoms with E-state index in [4.69, 9.17) is 4.52 Å². The van der Waals surface area contributed by atoms with Crippen LogP contribution in [0.1, 0.15) is 61.4 Å². The number of amides is 1. The van der Waals surface area contributed by atoms with Gasteiger partial charge in [-0.2, -0.15) is 0 Å². The van der Waals surface area contributed by atoms with Gasteiger partial charge in [0.2, 0.25) is 5.91 Å². The molecule has 0 unspecified atom stereocenters. The van der Waals surface area contributed by atoms with Gasteiger partial charge in [-0.1, -0.05) is 32.0 Å². The van der Waals surface area contributed by atoms with E-state index >= 15 is 0 Å². The number of aryl methyl sites for hydroxylation is 2. The molecule has 2 aromatic heterocycles. The van der Waals surface area contributed by atoms with Crippen LogP contribution in [0.25, 0.3) is 10.9 Å². The number of benzene rings is 1. The first-order valence-corrected chi connectivity index (χ1v) is 11.4. The highest BCUT2D eigenvalue weighted by Gasteiger charge is 2.45. The van der Waals surface area contributed by atoms with Gasteiger partial charge in [0.1, 0.15) is 5.76 Å². The van der Waals surface area contributed by atoms with Crippen LogP contribution in [0.5, 0.6) is 0 Å². The molecule has 1 aliphatic rings. The van der Waals surface area contributed by atoms with Crippen LogP contribution in [0.4, 0.5) is 0 Å². The Bertz CT molecular complexity index is 1080. The Morgan fingerprint density at radius 1 is 1.35 bits per heavy atom. The molecule has 6 nitrogen and oxygen atoms in total. The maximum atomic E-state index is 13.0. The molecule has 3 heterocycles. The average Bonchev–Trinajstić information content (AvgIpc) is 3.46. The minimum absolute atomic E-state index is 0.0846. The summed E-state index contributed by atoms with van der Waals surface area (Å²) >= 11 is 0. The molecular weight excluding hydrogens is 388 g/mol. The molecule has 1 amide bonds. The van der Waals surface area contributed by atoms with Crippen molar-refractivity contribution < 1.29 is 9.32 Å². The highest BCUT2D eigenvalue weighted by atomic mass is 16.5. The summed E-state index contributed by atoms with van der Waals surface area (Å²) in [5.74, 6) is 1.19. The second-order valence-electron chi connectivity index (χ2n) is 9.33. The molecule has 1 aliphatic heterocycles. The van der Waals surface area contributed by atoms with Crippen LogP contribution >= 0.6 is 0 Å². The number of likely N-dealkylation sites (tertiary alicyclic amines) is 1. The van der Waals surface area contributed by atoms with Crippen molar-refractivity contribution in [2.24, 2.45) is 5.41 Å². The number of carbonyl (C=O) groups excluding carboxylic acids is 1. The molecule has 6 heteroatoms. The van der Waals surface area contributed by atoms with Crippen LogP contribution in [0.2, 0.25) is 0 Å². The Hall–Kier alpha value is -2.60. The van der Waals surface area contributed by atoms with E-state index in [0.29, 0.717) is 18.9 Å². The van der Waals surface area contributed by atoms with Crippen molar-refractivity contribution in [3.05, 3.63) is 52.5 Å². The van der Waals surface area contributed by atoms with Crippen LogP contribution in [0, 0.1) is 12.3 Å². The molecule has 0 spiro atoms. The predicted molar refractivity (Wildman–Crippen MR) is 123 cm³/mol. The quantitative estimate of drug-likeness (QED) is 0.594. The van der Waals surface area contributed by atoms with Crippen LogP contribution in [0.15, 0.2) is 28.8 Å². The normalized spacial score (nSPS) is 19.5. The van der Waals surface area contributed by atoms with Crippen molar-refractivity contribution in [3.8, 4) is 0 Å². The number of nitrogens with zero attached hydrogens (tertiary/aromatic N) is 2. The van der Waals surface area contributed by atoms with Gasteiger partial charge < -0.3 is 14.8 Å². The van der Waals surface area contributed by atoms with Crippen LogP contribution in [-0.4, -0.2) is 41.1 Å². The van der Waals surface area contributed by atoms with Crippen LogP contribution in [-0.2, 0) is 24.2 Å². The Kier molecular flexibility index (Phi) is 5.93. The van der Waals surface area contributed by atoms with Crippen molar-refractivity contribution in [1.82, 2.24) is 20.4 Å². The Morgan fingerprint density at radius 3 is 2.84 bits per heavy atom. The molecule has 0 saturated carbocycles. The molecule has 1 aromatic carbocycles. The smallest absolute Gasteiger partial charge is 0.227 e. The lowest BCUT2D eigenvalue weighted by Gasteiger charge is -2.26. The number of hydrogen-bond donors (Lipinski definition) is 2. The number of H-pyrrole nitrogens is 1. The number of carbonyl (C=O) groups is 1. The molecular formula is C25H34N4O2. The lowest BCUT2D eigenvalue weighted by Crippen LogP contribution is -2.43. The number of fused-ring (bicyclic) bond motifs is 1. The highest BCUT2D eigenvalue weighted by Crippen LogP contribution is 2.37. The van der Waals surface area contributed by atoms with Crippen molar-refractivity contribution in [1.29, 1.82) is 0 Å². The number of nitrogens with one attached hydrogen (secondary N) is 2. The number of aromatic nitrogens is 2. The second kappa shape index (κ2) is 8.50. The minimum atomic E-state index is -0.489. The number of aromatic amines is 1. The lowest BCUT2D eigenvalue weighted by atomic mass is 9.81. The van der Waals surface area contributed by atoms with E-state index in [2.05, 4.69) is 66.3 Å². The van der Waals surface area contributed by atoms with Gasteiger partial charge in [-0.3, -0.25) is 9.69 Å². The van der Waals surface area contributed by atoms with Gasteiger partial charge in [-0.15, -0.1) is 0 Å². The van der Waals surface area contributed by atoms with Crippen molar-refractivity contribution in [2.75, 3.05) is 20.1 Å². The monoisotopic (exact) mass is 422 g/mol. The third-order valence-electron chi connectivity index (χ3n) is 6.80. The second-order valence-corrected chi connectivity index (χ2v) is 9.33. The maximum absolute atomic E-state index is 13.0. The maximum Gasteiger partial charge on any atom is 0.227 e. The van der Waals surface area contributed by atoms with Gasteiger partial charge in [0.25, 0.3) is 0 Å². The summed E-state index contributed by atoms with van der Waals surface area (Å²) in [6.07, 6.45) is 2.42. The van der Waals surface area contributed by atoms with Gasteiger partial charge in [0, 0.05) is 49.2 Å². The first-order valence-electron chi connectivity index (χ1n) is 11.4. The van der Waals surface area contributed by atoms with Gasteiger partial charge in [-0.05, 0) is 55.5 Å². The van der Waals surface area contributed by atoms with E-state index in [-0.39, 0.29) is 5.91 Å². The van der Waals surface area contributed by atoms with Gasteiger partial charge in [0.05, 0.1) is 11.1 Å². The zero-order chi connectivity index (χ0) is 22.2. The van der Waals surface area contributed by atoms with Gasteiger partial charge in [-0.25, -0.2) is 0 Å². The van der Waals surface area contributed by atoms with Gasteiger partial charge >= 0.3 is 0 Å². The average molecular weight is 423 g/mol. The van der Waals surface area contributed by atoms with E-state index in [1.165, 1.54) is 27.7 Å². The zero-order valence-electron chi connectivity index (χ0n) is 19.3. The predicted octanol–water partition coefficient (Wildman–Crippen LogP) is 4.33. The summed E-state index contributed by atoms with van der Waals surface area (Å²) in [5.41, 5.74) is 5.52. The Labute approximate surface area is 184 Å². The molecule has 166 valence electrons. The molecule has 0 aliphatic carbocycles. The fraction of sp³-hybridized carbons (Fsp3) is 0.520. The molecule has 1 fully saturated rings. The van der Waals surface area contributed by atoms with Crippen molar-refractivity contribution in [3.63, 3.8) is 0 Å². The molecule has 1 saturated heterocycles. The fourth-order valence-corrected chi connectivity index (χ4v) is 4.86. The highest BCUT2D eigenvalue weighted by molar-refractivity contribution is 5.85. The minimum Gasteiger partial charge on any atom is -0.361 e. The third-order valence-corrected chi connectivity index (χ3v) is 6.80. The number of rotatable bonds is 7. The molecule has 0 radical (unpaired) electrons.